The molecule has 2 aromatic rings. The molecule has 0 saturated carbocycles. The highest BCUT2D eigenvalue weighted by atomic mass is 32.2. The monoisotopic (exact) mass is 360 g/mol. The Balaban J connectivity index is 1.98. The van der Waals surface area contributed by atoms with E-state index >= 15 is 0 Å². The molecule has 0 aliphatic carbocycles. The van der Waals surface area contributed by atoms with Gasteiger partial charge in [0.25, 0.3) is 5.91 Å². The Kier molecular flexibility index (Phi) is 6.00. The van der Waals surface area contributed by atoms with Crippen LogP contribution >= 0.6 is 0 Å². The van der Waals surface area contributed by atoms with Crippen molar-refractivity contribution in [3.05, 3.63) is 58.9 Å². The first kappa shape index (κ1) is 18.8. The lowest BCUT2D eigenvalue weighted by molar-refractivity contribution is -0.119. The van der Waals surface area contributed by atoms with E-state index < -0.39 is 22.5 Å². The maximum absolute atomic E-state index is 12.4. The summed E-state index contributed by atoms with van der Waals surface area (Å²) in [6.45, 7) is 4.96. The van der Waals surface area contributed by atoms with Crippen molar-refractivity contribution in [2.45, 2.75) is 25.7 Å². The van der Waals surface area contributed by atoms with Gasteiger partial charge in [-0.3, -0.25) is 9.78 Å². The fraction of sp³-hybridized carbons (Fsp3) is 0.235. The van der Waals surface area contributed by atoms with E-state index in [2.05, 4.69) is 20.2 Å². The van der Waals surface area contributed by atoms with Crippen molar-refractivity contribution in [3.8, 4) is 0 Å². The standard InChI is InChI=1S/C17H20N4O3S/c1-12-7-13(2)17(14(3)8-12)25(23,24)20-11-16(22)21-19-10-15-5-4-6-18-9-15/h4-10,20H,11H2,1-3H3,(H,21,22)/b19-10-. The topological polar surface area (TPSA) is 101 Å². The SMILES string of the molecule is Cc1cc(C)c(S(=O)(=O)NCC(=O)N/N=C\c2cccnc2)c(C)c1. The molecule has 0 aliphatic heterocycles. The number of nitrogens with one attached hydrogen (secondary N) is 2. The van der Waals surface area contributed by atoms with Gasteiger partial charge in [-0.25, -0.2) is 18.6 Å². The summed E-state index contributed by atoms with van der Waals surface area (Å²) in [6, 6.07) is 7.09. The van der Waals surface area contributed by atoms with Gasteiger partial charge in [0.05, 0.1) is 17.7 Å². The maximum Gasteiger partial charge on any atom is 0.255 e. The Morgan fingerprint density at radius 1 is 1.24 bits per heavy atom. The lowest BCUT2D eigenvalue weighted by atomic mass is 10.1. The van der Waals surface area contributed by atoms with E-state index in [0.717, 1.165) is 5.56 Å². The van der Waals surface area contributed by atoms with Crippen molar-refractivity contribution in [3.63, 3.8) is 0 Å². The molecule has 1 aromatic carbocycles. The third-order valence-electron chi connectivity index (χ3n) is 3.38. The van der Waals surface area contributed by atoms with Crippen LogP contribution in [0.15, 0.2) is 46.7 Å². The van der Waals surface area contributed by atoms with Crippen LogP contribution in [0, 0.1) is 20.8 Å². The van der Waals surface area contributed by atoms with Crippen molar-refractivity contribution in [2.24, 2.45) is 5.10 Å². The second-order valence-electron chi connectivity index (χ2n) is 5.63. The molecule has 0 fully saturated rings. The normalized spacial score (nSPS) is 11.6. The van der Waals surface area contributed by atoms with E-state index in [4.69, 9.17) is 0 Å². The molecule has 132 valence electrons. The molecular formula is C17H20N4O3S. The first-order valence-electron chi connectivity index (χ1n) is 7.59. The predicted molar refractivity (Wildman–Crippen MR) is 95.8 cm³/mol. The molecule has 2 rings (SSSR count). The molecule has 1 amide bonds. The van der Waals surface area contributed by atoms with Crippen molar-refractivity contribution < 1.29 is 13.2 Å². The summed E-state index contributed by atoms with van der Waals surface area (Å²) in [5.74, 6) is -0.564. The second-order valence-corrected chi connectivity index (χ2v) is 7.34. The molecule has 0 bridgehead atoms. The third kappa shape index (κ3) is 5.20. The highest BCUT2D eigenvalue weighted by Gasteiger charge is 2.20. The summed E-state index contributed by atoms with van der Waals surface area (Å²) in [7, 11) is -3.78. The van der Waals surface area contributed by atoms with Crippen LogP contribution in [0.4, 0.5) is 0 Å². The van der Waals surface area contributed by atoms with Crippen molar-refractivity contribution in [2.75, 3.05) is 6.54 Å². The quantitative estimate of drug-likeness (QED) is 0.601. The second kappa shape index (κ2) is 8.00. The number of hydrogen-bond acceptors (Lipinski definition) is 5. The van der Waals surface area contributed by atoms with Gasteiger partial charge in [0.2, 0.25) is 10.0 Å². The number of benzene rings is 1. The Labute approximate surface area is 147 Å². The maximum atomic E-state index is 12.4. The first-order chi connectivity index (χ1) is 11.8. The number of carbonyl (C=O) groups is 1. The van der Waals surface area contributed by atoms with Gasteiger partial charge in [-0.15, -0.1) is 0 Å². The van der Waals surface area contributed by atoms with E-state index in [-0.39, 0.29) is 4.90 Å². The highest BCUT2D eigenvalue weighted by molar-refractivity contribution is 7.89. The highest BCUT2D eigenvalue weighted by Crippen LogP contribution is 2.21. The number of aromatic nitrogens is 1. The minimum Gasteiger partial charge on any atom is -0.272 e. The first-order valence-corrected chi connectivity index (χ1v) is 9.07. The summed E-state index contributed by atoms with van der Waals surface area (Å²) in [5, 5.41) is 3.76. The zero-order valence-electron chi connectivity index (χ0n) is 14.3. The summed E-state index contributed by atoms with van der Waals surface area (Å²) < 4.78 is 27.2. The molecule has 7 nitrogen and oxygen atoms in total. The van der Waals surface area contributed by atoms with Crippen LogP contribution in [0.2, 0.25) is 0 Å². The number of amides is 1. The average Bonchev–Trinajstić information content (AvgIpc) is 2.53. The van der Waals surface area contributed by atoms with Crippen LogP contribution in [0.3, 0.4) is 0 Å². The lowest BCUT2D eigenvalue weighted by Gasteiger charge is -2.12. The lowest BCUT2D eigenvalue weighted by Crippen LogP contribution is -2.35. The molecular weight excluding hydrogens is 340 g/mol. The molecule has 25 heavy (non-hydrogen) atoms. The number of nitrogens with zero attached hydrogens (tertiary/aromatic N) is 2. The Bertz CT molecular complexity index is 870. The number of hydrogen-bond donors (Lipinski definition) is 2. The van der Waals surface area contributed by atoms with Gasteiger partial charge in [-0.05, 0) is 38.0 Å². The predicted octanol–water partition coefficient (Wildman–Crippen LogP) is 1.44. The smallest absolute Gasteiger partial charge is 0.255 e. The Morgan fingerprint density at radius 3 is 2.52 bits per heavy atom. The zero-order chi connectivity index (χ0) is 18.4. The van der Waals surface area contributed by atoms with Crippen LogP contribution in [0.5, 0.6) is 0 Å². The number of sulfonamides is 1. The minimum absolute atomic E-state index is 0.199. The number of pyridine rings is 1. The Hall–Kier alpha value is -2.58. The van der Waals surface area contributed by atoms with E-state index in [9.17, 15) is 13.2 Å². The van der Waals surface area contributed by atoms with Crippen LogP contribution in [0.25, 0.3) is 0 Å². The molecule has 8 heteroatoms. The van der Waals surface area contributed by atoms with E-state index in [1.807, 2.05) is 6.92 Å². The third-order valence-corrected chi connectivity index (χ3v) is 5.09. The van der Waals surface area contributed by atoms with Crippen LogP contribution in [0.1, 0.15) is 22.3 Å². The van der Waals surface area contributed by atoms with Crippen LogP contribution in [-0.4, -0.2) is 32.1 Å². The van der Waals surface area contributed by atoms with Crippen molar-refractivity contribution >= 4 is 22.1 Å². The molecule has 1 heterocycles. The molecule has 0 unspecified atom stereocenters. The van der Waals surface area contributed by atoms with Crippen molar-refractivity contribution in [1.82, 2.24) is 15.1 Å². The van der Waals surface area contributed by atoms with Gasteiger partial charge in [0, 0.05) is 18.0 Å². The minimum atomic E-state index is -3.78. The molecule has 0 aliphatic rings. The van der Waals surface area contributed by atoms with Gasteiger partial charge >= 0.3 is 0 Å². The molecule has 2 N–H and O–H groups in total. The zero-order valence-corrected chi connectivity index (χ0v) is 15.1. The molecule has 1 aromatic heterocycles. The molecule has 0 atom stereocenters. The largest absolute Gasteiger partial charge is 0.272 e. The fourth-order valence-electron chi connectivity index (χ4n) is 2.49. The van der Waals surface area contributed by atoms with Gasteiger partial charge in [0.1, 0.15) is 0 Å². The van der Waals surface area contributed by atoms with E-state index in [0.29, 0.717) is 16.7 Å². The average molecular weight is 360 g/mol. The number of hydrazone groups is 1. The van der Waals surface area contributed by atoms with E-state index in [1.165, 1.54) is 6.21 Å². The van der Waals surface area contributed by atoms with Crippen molar-refractivity contribution in [1.29, 1.82) is 0 Å². The Morgan fingerprint density at radius 2 is 1.92 bits per heavy atom. The fourth-order valence-corrected chi connectivity index (χ4v) is 3.93. The number of aryl methyl sites for hydroxylation is 3. The van der Waals surface area contributed by atoms with Gasteiger partial charge in [0.15, 0.2) is 0 Å². The van der Waals surface area contributed by atoms with Gasteiger partial charge in [-0.1, -0.05) is 23.8 Å². The summed E-state index contributed by atoms with van der Waals surface area (Å²) in [4.78, 5) is 15.9. The molecule has 0 radical (unpaired) electrons. The molecule has 0 spiro atoms. The summed E-state index contributed by atoms with van der Waals surface area (Å²) >= 11 is 0. The number of carbonyl (C=O) groups excluding carboxylic acids is 1. The van der Waals surface area contributed by atoms with Crippen LogP contribution in [-0.2, 0) is 14.8 Å². The van der Waals surface area contributed by atoms with Gasteiger partial charge < -0.3 is 0 Å². The van der Waals surface area contributed by atoms with E-state index in [1.54, 1.807) is 50.5 Å². The van der Waals surface area contributed by atoms with Gasteiger partial charge in [-0.2, -0.15) is 5.10 Å². The van der Waals surface area contributed by atoms with Crippen LogP contribution < -0.4 is 10.1 Å². The molecule has 0 saturated heterocycles. The number of rotatable bonds is 6. The summed E-state index contributed by atoms with van der Waals surface area (Å²) in [6.07, 6.45) is 4.63. The summed E-state index contributed by atoms with van der Waals surface area (Å²) in [5.41, 5.74) is 5.25.